The van der Waals surface area contributed by atoms with E-state index in [9.17, 15) is 5.11 Å². The molecule has 1 atom stereocenters. The van der Waals surface area contributed by atoms with Crippen LogP contribution in [0.2, 0.25) is 0 Å². The molecule has 3 aromatic rings. The van der Waals surface area contributed by atoms with Crippen molar-refractivity contribution >= 4 is 34.0 Å². The molecule has 0 saturated carbocycles. The summed E-state index contributed by atoms with van der Waals surface area (Å²) in [7, 11) is 0. The number of phenolic OH excluding ortho intramolecular Hbond substituents is 1. The lowest BCUT2D eigenvalue weighted by atomic mass is 9.85. The topological polar surface area (TPSA) is 41.9 Å². The van der Waals surface area contributed by atoms with Gasteiger partial charge in [-0.3, -0.25) is 4.90 Å². The minimum atomic E-state index is 0. The number of fused-ring (bicyclic) bond motifs is 7. The lowest BCUT2D eigenvalue weighted by Gasteiger charge is -2.33. The Morgan fingerprint density at radius 2 is 1.62 bits per heavy atom. The minimum Gasteiger partial charge on any atom is -0.508 e. The molecule has 2 aliphatic rings. The third kappa shape index (κ3) is 3.28. The van der Waals surface area contributed by atoms with Crippen LogP contribution in [0.5, 0.6) is 17.2 Å². The fourth-order valence-electron chi connectivity index (χ4n) is 5.10. The summed E-state index contributed by atoms with van der Waals surface area (Å²) in [6.45, 7) is 7.37. The second-order valence-corrected chi connectivity index (χ2v) is 7.87. The highest BCUT2D eigenvalue weighted by Crippen LogP contribution is 2.44. The zero-order valence-corrected chi connectivity index (χ0v) is 17.8. The molecule has 2 aliphatic heterocycles. The maximum Gasteiger partial charge on any atom is 0.161 e. The Hall–Kier alpha value is -2.17. The van der Waals surface area contributed by atoms with Crippen LogP contribution in [0.15, 0.2) is 30.3 Å². The van der Waals surface area contributed by atoms with Crippen LogP contribution >= 0.6 is 12.4 Å². The van der Waals surface area contributed by atoms with E-state index in [1.807, 2.05) is 26.0 Å². The highest BCUT2D eigenvalue weighted by molar-refractivity contribution is 6.12. The summed E-state index contributed by atoms with van der Waals surface area (Å²) in [6.07, 6.45) is 3.66. The van der Waals surface area contributed by atoms with E-state index in [4.69, 9.17) is 9.47 Å². The van der Waals surface area contributed by atoms with E-state index in [1.165, 1.54) is 41.3 Å². The Balaban J connectivity index is 0.00000205. The number of hydrogen-bond donors (Lipinski definition) is 1. The van der Waals surface area contributed by atoms with Gasteiger partial charge in [-0.15, -0.1) is 12.4 Å². The van der Waals surface area contributed by atoms with Crippen LogP contribution in [-0.4, -0.2) is 35.8 Å². The molecule has 0 aromatic heterocycles. The van der Waals surface area contributed by atoms with Gasteiger partial charge in [-0.25, -0.2) is 0 Å². The Morgan fingerprint density at radius 3 is 2.34 bits per heavy atom. The van der Waals surface area contributed by atoms with Crippen molar-refractivity contribution in [3.05, 3.63) is 41.5 Å². The molecule has 0 unspecified atom stereocenters. The van der Waals surface area contributed by atoms with E-state index in [1.54, 1.807) is 0 Å². The number of ether oxygens (including phenoxy) is 2. The molecule has 154 valence electrons. The molecule has 29 heavy (non-hydrogen) atoms. The molecule has 0 spiro atoms. The molecular weight excluding hydrogens is 386 g/mol. The smallest absolute Gasteiger partial charge is 0.161 e. The van der Waals surface area contributed by atoms with Gasteiger partial charge in [0.1, 0.15) is 5.75 Å². The summed E-state index contributed by atoms with van der Waals surface area (Å²) in [5.74, 6) is 1.89. The van der Waals surface area contributed by atoms with E-state index in [2.05, 4.69) is 23.1 Å². The number of benzene rings is 3. The van der Waals surface area contributed by atoms with E-state index >= 15 is 0 Å². The molecule has 5 heteroatoms. The Morgan fingerprint density at radius 1 is 0.931 bits per heavy atom. The average Bonchev–Trinajstić information content (AvgIpc) is 3.15. The summed E-state index contributed by atoms with van der Waals surface area (Å²) in [5.41, 5.74) is 2.85. The monoisotopic (exact) mass is 413 g/mol. The zero-order chi connectivity index (χ0) is 19.3. The first-order chi connectivity index (χ1) is 13.7. The second kappa shape index (κ2) is 7.92. The third-order valence-corrected chi connectivity index (χ3v) is 6.29. The first-order valence-electron chi connectivity index (χ1n) is 10.4. The van der Waals surface area contributed by atoms with Crippen molar-refractivity contribution in [1.29, 1.82) is 0 Å². The predicted molar refractivity (Wildman–Crippen MR) is 120 cm³/mol. The van der Waals surface area contributed by atoms with Crippen LogP contribution in [0.3, 0.4) is 0 Å². The van der Waals surface area contributed by atoms with Crippen LogP contribution in [0.4, 0.5) is 0 Å². The van der Waals surface area contributed by atoms with Gasteiger partial charge in [-0.2, -0.15) is 0 Å². The number of phenols is 1. The van der Waals surface area contributed by atoms with Gasteiger partial charge in [0.15, 0.2) is 11.5 Å². The molecule has 0 aliphatic carbocycles. The lowest BCUT2D eigenvalue weighted by Crippen LogP contribution is -2.35. The van der Waals surface area contributed by atoms with Crippen molar-refractivity contribution in [3.63, 3.8) is 0 Å². The van der Waals surface area contributed by atoms with Crippen molar-refractivity contribution < 1.29 is 14.6 Å². The highest BCUT2D eigenvalue weighted by atomic mass is 35.5. The minimum absolute atomic E-state index is 0. The van der Waals surface area contributed by atoms with Crippen molar-refractivity contribution in [1.82, 2.24) is 4.90 Å². The van der Waals surface area contributed by atoms with Crippen molar-refractivity contribution in [2.75, 3.05) is 19.8 Å². The molecule has 1 N–H and O–H groups in total. The molecule has 0 radical (unpaired) electrons. The summed E-state index contributed by atoms with van der Waals surface area (Å²) in [5, 5.41) is 14.9. The van der Waals surface area contributed by atoms with E-state index < -0.39 is 0 Å². The first-order valence-corrected chi connectivity index (χ1v) is 10.4. The van der Waals surface area contributed by atoms with Gasteiger partial charge in [-0.1, -0.05) is 6.07 Å². The molecule has 2 heterocycles. The van der Waals surface area contributed by atoms with Crippen LogP contribution < -0.4 is 9.47 Å². The van der Waals surface area contributed by atoms with Crippen LogP contribution in [-0.2, 0) is 13.0 Å². The van der Waals surface area contributed by atoms with Gasteiger partial charge in [-0.05, 0) is 96.6 Å². The second-order valence-electron chi connectivity index (χ2n) is 7.87. The van der Waals surface area contributed by atoms with E-state index in [0.29, 0.717) is 25.0 Å². The van der Waals surface area contributed by atoms with Gasteiger partial charge in [0.25, 0.3) is 0 Å². The maximum atomic E-state index is 10.2. The summed E-state index contributed by atoms with van der Waals surface area (Å²) in [6, 6.07) is 10.7. The molecule has 0 bridgehead atoms. The fraction of sp³-hybridized carbons (Fsp3) is 0.417. The molecule has 0 amide bonds. The number of aromatic hydroxyl groups is 1. The Kier molecular flexibility index (Phi) is 5.50. The number of hydrogen-bond acceptors (Lipinski definition) is 4. The van der Waals surface area contributed by atoms with E-state index in [-0.39, 0.29) is 12.4 Å². The van der Waals surface area contributed by atoms with E-state index in [0.717, 1.165) is 35.2 Å². The quantitative estimate of drug-likeness (QED) is 0.578. The SMILES string of the molecule is CCOc1cc2c3c(c4ccc(O)cc4c2cc1OCC)C[C@@H]1CCCN1C3.Cl. The summed E-state index contributed by atoms with van der Waals surface area (Å²) in [4.78, 5) is 2.63. The highest BCUT2D eigenvalue weighted by Gasteiger charge is 2.32. The Labute approximate surface area is 177 Å². The van der Waals surface area contributed by atoms with Gasteiger partial charge in [0.2, 0.25) is 0 Å². The molecule has 5 rings (SSSR count). The number of nitrogens with zero attached hydrogens (tertiary/aromatic N) is 1. The Bertz CT molecular complexity index is 1070. The first kappa shape index (κ1) is 20.1. The summed E-state index contributed by atoms with van der Waals surface area (Å²) < 4.78 is 11.8. The van der Waals surface area contributed by atoms with Gasteiger partial charge in [0.05, 0.1) is 13.2 Å². The predicted octanol–water partition coefficient (Wildman–Crippen LogP) is 5.44. The van der Waals surface area contributed by atoms with Gasteiger partial charge in [0, 0.05) is 12.6 Å². The average molecular weight is 414 g/mol. The standard InChI is InChI=1S/C24H27NO3.ClH/c1-3-27-23-12-20-19-11-16(26)7-8-17(19)18-10-15-6-5-9-25(15)14-22(18)21(20)13-24(23)28-4-2;/h7-8,11-13,15,26H,3-6,9-10,14H2,1-2H3;1H/t15-;/m0./s1. The molecular formula is C24H28ClNO3. The van der Waals surface area contributed by atoms with Gasteiger partial charge >= 0.3 is 0 Å². The van der Waals surface area contributed by atoms with Crippen molar-refractivity contribution in [3.8, 4) is 17.2 Å². The van der Waals surface area contributed by atoms with Crippen molar-refractivity contribution in [2.45, 2.75) is 45.7 Å². The molecule has 1 saturated heterocycles. The lowest BCUT2D eigenvalue weighted by molar-refractivity contribution is 0.229. The van der Waals surface area contributed by atoms with Gasteiger partial charge < -0.3 is 14.6 Å². The largest absolute Gasteiger partial charge is 0.508 e. The normalized spacial score (nSPS) is 18.3. The van der Waals surface area contributed by atoms with Crippen molar-refractivity contribution in [2.24, 2.45) is 0 Å². The zero-order valence-electron chi connectivity index (χ0n) is 17.0. The van der Waals surface area contributed by atoms with Crippen LogP contribution in [0.25, 0.3) is 21.5 Å². The molecule has 4 nitrogen and oxygen atoms in total. The molecule has 1 fully saturated rings. The number of rotatable bonds is 4. The van der Waals surface area contributed by atoms with Crippen LogP contribution in [0, 0.1) is 0 Å². The fourth-order valence-corrected chi connectivity index (χ4v) is 5.10. The number of halogens is 1. The molecule has 3 aromatic carbocycles. The maximum absolute atomic E-state index is 10.2. The summed E-state index contributed by atoms with van der Waals surface area (Å²) >= 11 is 0. The van der Waals surface area contributed by atoms with Crippen LogP contribution in [0.1, 0.15) is 37.8 Å². The third-order valence-electron chi connectivity index (χ3n) is 6.29.